The lowest BCUT2D eigenvalue weighted by Crippen LogP contribution is -2.48. The van der Waals surface area contributed by atoms with Crippen LogP contribution in [0.1, 0.15) is 52.1 Å². The van der Waals surface area contributed by atoms with Crippen molar-refractivity contribution in [3.8, 4) is 0 Å². The molecule has 3 amide bonds. The number of amides is 3. The molecular formula is C21H29N3O4. The van der Waals surface area contributed by atoms with Gasteiger partial charge >= 0.3 is 12.0 Å². The van der Waals surface area contributed by atoms with Gasteiger partial charge in [0, 0.05) is 24.4 Å². The maximum atomic E-state index is 12.6. The highest BCUT2D eigenvalue weighted by Gasteiger charge is 2.35. The van der Waals surface area contributed by atoms with E-state index in [1.54, 1.807) is 30.0 Å². The Labute approximate surface area is 166 Å². The molecule has 1 atom stereocenters. The summed E-state index contributed by atoms with van der Waals surface area (Å²) in [5.74, 6) is -0.311. The minimum Gasteiger partial charge on any atom is -0.466 e. The van der Waals surface area contributed by atoms with Crippen molar-refractivity contribution < 1.29 is 19.1 Å². The Morgan fingerprint density at radius 3 is 2.64 bits per heavy atom. The average molecular weight is 387 g/mol. The number of ether oxygens (including phenoxy) is 1. The molecule has 2 N–H and O–H groups in total. The summed E-state index contributed by atoms with van der Waals surface area (Å²) in [4.78, 5) is 38.7. The van der Waals surface area contributed by atoms with Gasteiger partial charge in [-0.2, -0.15) is 0 Å². The number of urea groups is 1. The maximum absolute atomic E-state index is 12.6. The van der Waals surface area contributed by atoms with Gasteiger partial charge in [0.05, 0.1) is 18.7 Å². The zero-order valence-electron chi connectivity index (χ0n) is 17.2. The monoisotopic (exact) mass is 387 g/mol. The van der Waals surface area contributed by atoms with Gasteiger partial charge in [0.1, 0.15) is 0 Å². The Morgan fingerprint density at radius 2 is 2.04 bits per heavy atom. The lowest BCUT2D eigenvalue weighted by Gasteiger charge is -2.35. The smallest absolute Gasteiger partial charge is 0.337 e. The first kappa shape index (κ1) is 21.5. The fourth-order valence-electron chi connectivity index (χ4n) is 3.28. The van der Waals surface area contributed by atoms with Crippen LogP contribution < -0.4 is 10.6 Å². The summed E-state index contributed by atoms with van der Waals surface area (Å²) in [5, 5.41) is 5.76. The number of nitrogens with one attached hydrogen (secondary N) is 2. The number of methoxy groups -OCH3 is 1. The predicted molar refractivity (Wildman–Crippen MR) is 108 cm³/mol. The molecule has 0 spiro atoms. The van der Waals surface area contributed by atoms with Gasteiger partial charge < -0.3 is 15.4 Å². The molecule has 0 aliphatic carbocycles. The van der Waals surface area contributed by atoms with E-state index in [1.165, 1.54) is 7.11 Å². The van der Waals surface area contributed by atoms with E-state index in [0.717, 1.165) is 6.42 Å². The van der Waals surface area contributed by atoms with E-state index in [1.807, 2.05) is 26.8 Å². The first-order valence-corrected chi connectivity index (χ1v) is 9.55. The van der Waals surface area contributed by atoms with Crippen molar-refractivity contribution in [1.82, 2.24) is 10.2 Å². The molecule has 0 bridgehead atoms. The van der Waals surface area contributed by atoms with Crippen molar-refractivity contribution in [3.05, 3.63) is 41.1 Å². The molecule has 0 fully saturated rings. The van der Waals surface area contributed by atoms with E-state index < -0.39 is 12.0 Å². The number of hydrogen-bond acceptors (Lipinski definition) is 4. The third-order valence-electron chi connectivity index (χ3n) is 4.55. The Kier molecular flexibility index (Phi) is 7.20. The van der Waals surface area contributed by atoms with Crippen LogP contribution in [0.4, 0.5) is 10.5 Å². The molecular weight excluding hydrogens is 358 g/mol. The maximum Gasteiger partial charge on any atom is 0.337 e. The number of benzene rings is 1. The summed E-state index contributed by atoms with van der Waals surface area (Å²) < 4.78 is 4.97. The van der Waals surface area contributed by atoms with Crippen molar-refractivity contribution in [3.63, 3.8) is 0 Å². The SMILES string of the molecule is CCCN1C(=O)NC(c2cccc(NC(=O)CC(C)C)c2)C(C(=O)OC)=C1C. The lowest BCUT2D eigenvalue weighted by atomic mass is 9.94. The normalized spacial score (nSPS) is 16.9. The molecule has 1 aliphatic heterocycles. The lowest BCUT2D eigenvalue weighted by molar-refractivity contribution is -0.136. The largest absolute Gasteiger partial charge is 0.466 e. The van der Waals surface area contributed by atoms with Gasteiger partial charge in [0.25, 0.3) is 0 Å². The van der Waals surface area contributed by atoms with Crippen LogP contribution in [0, 0.1) is 5.92 Å². The third-order valence-corrected chi connectivity index (χ3v) is 4.55. The molecule has 7 heteroatoms. The molecule has 0 saturated heterocycles. The van der Waals surface area contributed by atoms with E-state index in [0.29, 0.717) is 35.5 Å². The first-order valence-electron chi connectivity index (χ1n) is 9.55. The molecule has 1 unspecified atom stereocenters. The summed E-state index contributed by atoms with van der Waals surface area (Å²) in [6.45, 7) is 8.18. The Balaban J connectivity index is 2.39. The van der Waals surface area contributed by atoms with Gasteiger partial charge in [-0.05, 0) is 37.0 Å². The Morgan fingerprint density at radius 1 is 1.32 bits per heavy atom. The van der Waals surface area contributed by atoms with Crippen LogP contribution in [-0.4, -0.2) is 36.5 Å². The fraction of sp³-hybridized carbons (Fsp3) is 0.476. The standard InChI is InChI=1S/C21H29N3O4/c1-6-10-24-14(4)18(20(26)28-5)19(23-21(24)27)15-8-7-9-16(12-15)22-17(25)11-13(2)3/h7-9,12-13,19H,6,10-11H2,1-5H3,(H,22,25)(H,23,27). The van der Waals surface area contributed by atoms with Gasteiger partial charge in [0.2, 0.25) is 5.91 Å². The second kappa shape index (κ2) is 9.39. The number of nitrogens with zero attached hydrogens (tertiary/aromatic N) is 1. The molecule has 1 heterocycles. The van der Waals surface area contributed by atoms with Gasteiger partial charge in [-0.15, -0.1) is 0 Å². The second-order valence-corrected chi connectivity index (χ2v) is 7.30. The summed E-state index contributed by atoms with van der Waals surface area (Å²) >= 11 is 0. The Bertz CT molecular complexity index is 786. The van der Waals surface area contributed by atoms with E-state index >= 15 is 0 Å². The molecule has 1 aromatic rings. The van der Waals surface area contributed by atoms with E-state index in [-0.39, 0.29) is 17.9 Å². The number of carbonyl (C=O) groups is 3. The van der Waals surface area contributed by atoms with Crippen molar-refractivity contribution in [1.29, 1.82) is 0 Å². The molecule has 0 aromatic heterocycles. The number of anilines is 1. The van der Waals surface area contributed by atoms with Crippen molar-refractivity contribution >= 4 is 23.6 Å². The van der Waals surface area contributed by atoms with Crippen LogP contribution in [-0.2, 0) is 14.3 Å². The Hall–Kier alpha value is -2.83. The second-order valence-electron chi connectivity index (χ2n) is 7.30. The number of allylic oxidation sites excluding steroid dienone is 1. The quantitative estimate of drug-likeness (QED) is 0.700. The van der Waals surface area contributed by atoms with E-state index in [4.69, 9.17) is 4.74 Å². The highest BCUT2D eigenvalue weighted by atomic mass is 16.5. The van der Waals surface area contributed by atoms with Gasteiger partial charge in [0.15, 0.2) is 0 Å². The number of rotatable bonds is 7. The van der Waals surface area contributed by atoms with Crippen LogP contribution in [0.5, 0.6) is 0 Å². The summed E-state index contributed by atoms with van der Waals surface area (Å²) in [6, 6.07) is 6.25. The molecule has 152 valence electrons. The zero-order valence-corrected chi connectivity index (χ0v) is 17.2. The molecule has 1 aliphatic rings. The van der Waals surface area contributed by atoms with Gasteiger partial charge in [-0.1, -0.05) is 32.9 Å². The van der Waals surface area contributed by atoms with Crippen LogP contribution in [0.25, 0.3) is 0 Å². The van der Waals surface area contributed by atoms with Gasteiger partial charge in [-0.3, -0.25) is 9.69 Å². The number of esters is 1. The average Bonchev–Trinajstić information content (AvgIpc) is 2.63. The fourth-order valence-corrected chi connectivity index (χ4v) is 3.28. The summed E-state index contributed by atoms with van der Waals surface area (Å²) in [5.41, 5.74) is 2.29. The van der Waals surface area contributed by atoms with Crippen LogP contribution in [0.15, 0.2) is 35.5 Å². The van der Waals surface area contributed by atoms with Crippen LogP contribution in [0.2, 0.25) is 0 Å². The van der Waals surface area contributed by atoms with Gasteiger partial charge in [-0.25, -0.2) is 9.59 Å². The summed E-state index contributed by atoms with van der Waals surface area (Å²) in [6.07, 6.45) is 1.18. The highest BCUT2D eigenvalue weighted by molar-refractivity contribution is 5.95. The van der Waals surface area contributed by atoms with E-state index in [2.05, 4.69) is 10.6 Å². The minimum atomic E-state index is -0.644. The predicted octanol–water partition coefficient (Wildman–Crippen LogP) is 3.59. The van der Waals surface area contributed by atoms with E-state index in [9.17, 15) is 14.4 Å². The highest BCUT2D eigenvalue weighted by Crippen LogP contribution is 2.32. The minimum absolute atomic E-state index is 0.0751. The molecule has 0 saturated carbocycles. The van der Waals surface area contributed by atoms with Crippen molar-refractivity contribution in [2.75, 3.05) is 19.0 Å². The molecule has 1 aromatic carbocycles. The van der Waals surface area contributed by atoms with Crippen molar-refractivity contribution in [2.24, 2.45) is 5.92 Å². The van der Waals surface area contributed by atoms with Crippen LogP contribution >= 0.6 is 0 Å². The van der Waals surface area contributed by atoms with Crippen molar-refractivity contribution in [2.45, 2.75) is 46.6 Å². The summed E-state index contributed by atoms with van der Waals surface area (Å²) in [7, 11) is 1.32. The number of hydrogen-bond donors (Lipinski definition) is 2. The number of carbonyl (C=O) groups excluding carboxylic acids is 3. The molecule has 2 rings (SSSR count). The topological polar surface area (TPSA) is 87.7 Å². The third kappa shape index (κ3) is 4.91. The zero-order chi connectivity index (χ0) is 20.8. The van der Waals surface area contributed by atoms with Crippen LogP contribution in [0.3, 0.4) is 0 Å². The molecule has 7 nitrogen and oxygen atoms in total. The molecule has 28 heavy (non-hydrogen) atoms. The first-order chi connectivity index (χ1) is 13.3. The molecule has 0 radical (unpaired) electrons.